The molecule has 1 heteroatoms. The zero-order chi connectivity index (χ0) is 6.85. The molecule has 0 bridgehead atoms. The summed E-state index contributed by atoms with van der Waals surface area (Å²) in [6, 6.07) is 0. The molecule has 0 aromatic carbocycles. The zero-order valence-corrected chi connectivity index (χ0v) is 8.39. The molecule has 0 nitrogen and oxygen atoms in total. The van der Waals surface area contributed by atoms with Gasteiger partial charge in [0, 0.05) is 3.92 Å². The highest BCUT2D eigenvalue weighted by Gasteiger charge is 2.21. The van der Waals surface area contributed by atoms with Gasteiger partial charge in [-0.25, -0.2) is 0 Å². The van der Waals surface area contributed by atoms with Gasteiger partial charge < -0.3 is 0 Å². The van der Waals surface area contributed by atoms with Crippen molar-refractivity contribution in [3.63, 3.8) is 0 Å². The monoisotopic (exact) mass is 238 g/mol. The molecule has 0 amide bonds. The molecule has 0 unspecified atom stereocenters. The van der Waals surface area contributed by atoms with Crippen LogP contribution >= 0.6 is 22.6 Å². The van der Waals surface area contributed by atoms with Gasteiger partial charge in [-0.1, -0.05) is 36.4 Å². The SMILES string of the molecule is C[C@H]1CC(I)C[C@H](C)C1. The van der Waals surface area contributed by atoms with Crippen LogP contribution in [-0.4, -0.2) is 3.92 Å². The number of hydrogen-bond acceptors (Lipinski definition) is 0. The maximum Gasteiger partial charge on any atom is 0.0115 e. The Labute approximate surface area is 71.5 Å². The summed E-state index contributed by atoms with van der Waals surface area (Å²) in [4.78, 5) is 0. The van der Waals surface area contributed by atoms with Crippen LogP contribution in [0.15, 0.2) is 0 Å². The Bertz CT molecular complexity index is 65.5. The number of rotatable bonds is 0. The van der Waals surface area contributed by atoms with E-state index in [-0.39, 0.29) is 0 Å². The fourth-order valence-corrected chi connectivity index (χ4v) is 3.58. The molecule has 0 spiro atoms. The Morgan fingerprint density at radius 1 is 1.00 bits per heavy atom. The summed E-state index contributed by atoms with van der Waals surface area (Å²) in [5, 5.41) is 0. The molecule has 0 heterocycles. The van der Waals surface area contributed by atoms with E-state index in [0.717, 1.165) is 15.8 Å². The molecular weight excluding hydrogens is 223 g/mol. The van der Waals surface area contributed by atoms with Crippen LogP contribution in [-0.2, 0) is 0 Å². The van der Waals surface area contributed by atoms with Crippen molar-refractivity contribution in [1.82, 2.24) is 0 Å². The molecule has 0 aromatic heterocycles. The first-order valence-corrected chi connectivity index (χ1v) is 5.07. The minimum atomic E-state index is 0.960. The molecule has 0 N–H and O–H groups in total. The predicted octanol–water partition coefficient (Wildman–Crippen LogP) is 3.25. The van der Waals surface area contributed by atoms with Crippen molar-refractivity contribution in [2.24, 2.45) is 11.8 Å². The summed E-state index contributed by atoms with van der Waals surface area (Å²) in [6.07, 6.45) is 4.36. The van der Waals surface area contributed by atoms with Crippen molar-refractivity contribution >= 4 is 22.6 Å². The van der Waals surface area contributed by atoms with Crippen LogP contribution in [0.2, 0.25) is 0 Å². The first kappa shape index (κ1) is 7.83. The summed E-state index contributed by atoms with van der Waals surface area (Å²) >= 11 is 2.59. The molecule has 1 fully saturated rings. The van der Waals surface area contributed by atoms with Crippen LogP contribution < -0.4 is 0 Å². The second-order valence-corrected chi connectivity index (χ2v) is 5.28. The number of hydrogen-bond donors (Lipinski definition) is 0. The largest absolute Gasteiger partial charge is 0.0826 e. The molecule has 9 heavy (non-hydrogen) atoms. The Kier molecular flexibility index (Phi) is 2.80. The van der Waals surface area contributed by atoms with Crippen molar-refractivity contribution in [3.8, 4) is 0 Å². The smallest absolute Gasteiger partial charge is 0.0115 e. The highest BCUT2D eigenvalue weighted by molar-refractivity contribution is 14.1. The molecule has 1 aliphatic carbocycles. The number of alkyl halides is 1. The molecular formula is C8H15I. The van der Waals surface area contributed by atoms with Gasteiger partial charge in [-0.05, 0) is 31.1 Å². The van der Waals surface area contributed by atoms with Crippen LogP contribution in [0.3, 0.4) is 0 Å². The quantitative estimate of drug-likeness (QED) is 0.449. The van der Waals surface area contributed by atoms with Gasteiger partial charge >= 0.3 is 0 Å². The first-order valence-electron chi connectivity index (χ1n) is 3.82. The average Bonchev–Trinajstić information content (AvgIpc) is 1.59. The van der Waals surface area contributed by atoms with Gasteiger partial charge in [-0.15, -0.1) is 0 Å². The molecule has 0 saturated heterocycles. The molecule has 1 aliphatic rings. The van der Waals surface area contributed by atoms with Crippen LogP contribution in [0.4, 0.5) is 0 Å². The van der Waals surface area contributed by atoms with E-state index < -0.39 is 0 Å². The van der Waals surface area contributed by atoms with E-state index in [9.17, 15) is 0 Å². The van der Waals surface area contributed by atoms with Crippen molar-refractivity contribution in [2.75, 3.05) is 0 Å². The fourth-order valence-electron chi connectivity index (χ4n) is 1.85. The highest BCUT2D eigenvalue weighted by atomic mass is 127. The standard InChI is InChI=1S/C8H15I/c1-6-3-7(2)5-8(9)4-6/h6-8H,3-5H2,1-2H3/t6-,7-/m1/s1. The highest BCUT2D eigenvalue weighted by Crippen LogP contribution is 2.32. The fraction of sp³-hybridized carbons (Fsp3) is 1.00. The third kappa shape index (κ3) is 2.44. The van der Waals surface area contributed by atoms with Crippen LogP contribution in [0.5, 0.6) is 0 Å². The van der Waals surface area contributed by atoms with E-state index in [2.05, 4.69) is 36.4 Å². The lowest BCUT2D eigenvalue weighted by molar-refractivity contribution is 0.315. The summed E-state index contributed by atoms with van der Waals surface area (Å²) in [7, 11) is 0. The number of halogens is 1. The van der Waals surface area contributed by atoms with Crippen molar-refractivity contribution in [1.29, 1.82) is 0 Å². The normalized spacial score (nSPS) is 45.0. The summed E-state index contributed by atoms with van der Waals surface area (Å²) in [5.41, 5.74) is 0. The van der Waals surface area contributed by atoms with Gasteiger partial charge in [0.15, 0.2) is 0 Å². The zero-order valence-electron chi connectivity index (χ0n) is 6.23. The van der Waals surface area contributed by atoms with Crippen LogP contribution in [0, 0.1) is 11.8 Å². The van der Waals surface area contributed by atoms with Gasteiger partial charge in [0.1, 0.15) is 0 Å². The minimum Gasteiger partial charge on any atom is -0.0826 e. The van der Waals surface area contributed by atoms with E-state index in [1.54, 1.807) is 0 Å². The second-order valence-electron chi connectivity index (χ2n) is 3.51. The Hall–Kier alpha value is 0.730. The van der Waals surface area contributed by atoms with Crippen LogP contribution in [0.25, 0.3) is 0 Å². The second kappa shape index (κ2) is 3.22. The molecule has 0 aliphatic heterocycles. The van der Waals surface area contributed by atoms with E-state index in [0.29, 0.717) is 0 Å². The lowest BCUT2D eigenvalue weighted by Crippen LogP contribution is -2.18. The van der Waals surface area contributed by atoms with Gasteiger partial charge in [0.25, 0.3) is 0 Å². The molecule has 54 valence electrons. The van der Waals surface area contributed by atoms with Crippen molar-refractivity contribution in [3.05, 3.63) is 0 Å². The van der Waals surface area contributed by atoms with E-state index >= 15 is 0 Å². The minimum absolute atomic E-state index is 0.960. The molecule has 2 atom stereocenters. The summed E-state index contributed by atoms with van der Waals surface area (Å²) < 4.78 is 0.960. The maximum atomic E-state index is 2.59. The Morgan fingerprint density at radius 3 is 1.78 bits per heavy atom. The topological polar surface area (TPSA) is 0 Å². The molecule has 1 saturated carbocycles. The average molecular weight is 238 g/mol. The van der Waals surface area contributed by atoms with E-state index in [4.69, 9.17) is 0 Å². The Balaban J connectivity index is 2.34. The van der Waals surface area contributed by atoms with Crippen molar-refractivity contribution in [2.45, 2.75) is 37.0 Å². The van der Waals surface area contributed by atoms with Crippen molar-refractivity contribution < 1.29 is 0 Å². The van der Waals surface area contributed by atoms with Crippen LogP contribution in [0.1, 0.15) is 33.1 Å². The summed E-state index contributed by atoms with van der Waals surface area (Å²) in [6.45, 7) is 4.75. The maximum absolute atomic E-state index is 2.59. The van der Waals surface area contributed by atoms with E-state index in [1.165, 1.54) is 19.3 Å². The molecule has 1 rings (SSSR count). The van der Waals surface area contributed by atoms with Gasteiger partial charge in [-0.2, -0.15) is 0 Å². The molecule has 0 radical (unpaired) electrons. The molecule has 0 aromatic rings. The third-order valence-electron chi connectivity index (χ3n) is 2.12. The van der Waals surface area contributed by atoms with E-state index in [1.807, 2.05) is 0 Å². The Morgan fingerprint density at radius 2 is 1.44 bits per heavy atom. The summed E-state index contributed by atoms with van der Waals surface area (Å²) in [5.74, 6) is 1.96. The lowest BCUT2D eigenvalue weighted by Gasteiger charge is -2.27. The first-order chi connectivity index (χ1) is 4.18. The van der Waals surface area contributed by atoms with Gasteiger partial charge in [0.2, 0.25) is 0 Å². The van der Waals surface area contributed by atoms with Gasteiger partial charge in [-0.3, -0.25) is 0 Å². The third-order valence-corrected chi connectivity index (χ3v) is 3.14. The lowest BCUT2D eigenvalue weighted by atomic mass is 9.84. The van der Waals surface area contributed by atoms with Gasteiger partial charge in [0.05, 0.1) is 0 Å². The predicted molar refractivity (Wildman–Crippen MR) is 50.0 cm³/mol.